The van der Waals surface area contributed by atoms with Crippen LogP contribution in [0.5, 0.6) is 0 Å². The van der Waals surface area contributed by atoms with Crippen LogP contribution in [0.4, 0.5) is 0 Å². The zero-order valence-electron chi connectivity index (χ0n) is 51.0. The molecule has 0 spiro atoms. The van der Waals surface area contributed by atoms with E-state index in [2.05, 4.69) is 0 Å². The Kier molecular flexibility index (Phi) is 2.18. The summed E-state index contributed by atoms with van der Waals surface area (Å²) in [6, 6.07) is -24.3. The van der Waals surface area contributed by atoms with Gasteiger partial charge in [0.2, 0.25) is 0 Å². The molecule has 46 heavy (non-hydrogen) atoms. The number of fused-ring (bicyclic) bond motifs is 9. The van der Waals surface area contributed by atoms with Crippen molar-refractivity contribution in [2.45, 2.75) is 0 Å². The van der Waals surface area contributed by atoms with Crippen molar-refractivity contribution >= 4 is 75.4 Å². The molecular weight excluding hydrogens is 553 g/mol. The lowest BCUT2D eigenvalue weighted by molar-refractivity contribution is 1.67. The quantitative estimate of drug-likeness (QED) is 0.135. The molecule has 0 amide bonds. The van der Waals surface area contributed by atoms with Crippen molar-refractivity contribution in [3.63, 3.8) is 0 Å². The van der Waals surface area contributed by atoms with Crippen molar-refractivity contribution in [1.29, 1.82) is 0 Å². The van der Waals surface area contributed by atoms with E-state index in [1.807, 2.05) is 0 Å². The zero-order chi connectivity index (χ0) is 54.6. The number of rotatable bonds is 2. The van der Waals surface area contributed by atoms with Crippen molar-refractivity contribution < 1.29 is 38.4 Å². The van der Waals surface area contributed by atoms with Gasteiger partial charge in [0.25, 0.3) is 0 Å². The van der Waals surface area contributed by atoms with E-state index in [0.29, 0.717) is 0 Å². The van der Waals surface area contributed by atoms with Crippen LogP contribution in [0.2, 0.25) is 0 Å². The van der Waals surface area contributed by atoms with Gasteiger partial charge in [-0.15, -0.1) is 0 Å². The van der Waals surface area contributed by atoms with Gasteiger partial charge in [0.15, 0.2) is 0 Å². The maximum absolute atomic E-state index is 9.82. The third-order valence-electron chi connectivity index (χ3n) is 7.62. The third kappa shape index (κ3) is 3.87. The van der Waals surface area contributed by atoms with E-state index >= 15 is 0 Å². The first-order valence-electron chi connectivity index (χ1n) is 27.8. The second-order valence-electron chi connectivity index (χ2n) is 10.2. The van der Waals surface area contributed by atoms with Gasteiger partial charge in [0, 0.05) is 0 Å². The average Bonchev–Trinajstić information content (AvgIpc) is 3.36. The maximum Gasteiger partial charge on any atom is 0.0636 e. The summed E-state index contributed by atoms with van der Waals surface area (Å²) in [6.45, 7) is 0. The van der Waals surface area contributed by atoms with Crippen LogP contribution in [0.1, 0.15) is 38.4 Å². The van der Waals surface area contributed by atoms with Gasteiger partial charge in [-0.3, -0.25) is 0 Å². The molecule has 0 saturated carbocycles. The van der Waals surface area contributed by atoms with Gasteiger partial charge in [-0.1, -0.05) is 133 Å². The molecule has 0 bridgehead atoms. The molecule has 10 rings (SSSR count). The highest BCUT2D eigenvalue weighted by atomic mass is 14.2. The maximum atomic E-state index is 9.82. The van der Waals surface area contributed by atoms with E-state index in [4.69, 9.17) is 21.9 Å². The topological polar surface area (TPSA) is 0 Å². The molecular formula is C46H28. The standard InChI is InChI=1S/C46H28/c1-2-9-32-27-44-37(23-31(32)8-1)17-16-36-24-34(20-21-41(36)44)33-15-13-29-14-18-38(26-39(29)25-33)46-42-12-6-4-10-35(42)28-45-40-11-5-3-7-30(40)19-22-43(45)46/h1-28H/i1D,2D,3D,4D,5D,6D,7D,8D,9D,10D,11D,12D,13D,14D,15D,16D,17D,18D,19D,20D,21D,22D,23D,24D,25D,26D,27D,28D. The van der Waals surface area contributed by atoms with Crippen LogP contribution in [-0.2, 0) is 0 Å². The Bertz CT molecular complexity index is 4450. The average molecular weight is 609 g/mol. The highest BCUT2D eigenvalue weighted by Gasteiger charge is 2.13. The van der Waals surface area contributed by atoms with E-state index < -0.39 is 267 Å². The lowest BCUT2D eigenvalue weighted by atomic mass is 9.89. The summed E-state index contributed by atoms with van der Waals surface area (Å²) in [5.41, 5.74) is -3.11. The van der Waals surface area contributed by atoms with Gasteiger partial charge in [-0.2, -0.15) is 0 Å². The molecule has 212 valence electrons. The van der Waals surface area contributed by atoms with Crippen molar-refractivity contribution in [2.24, 2.45) is 0 Å². The molecule has 0 atom stereocenters. The Balaban J connectivity index is 1.42. The fourth-order valence-electron chi connectivity index (χ4n) is 5.53. The van der Waals surface area contributed by atoms with Crippen molar-refractivity contribution in [3.8, 4) is 22.3 Å². The van der Waals surface area contributed by atoms with Gasteiger partial charge >= 0.3 is 0 Å². The van der Waals surface area contributed by atoms with Crippen LogP contribution in [0.25, 0.3) is 97.7 Å². The van der Waals surface area contributed by atoms with Gasteiger partial charge in [0.05, 0.1) is 38.4 Å². The summed E-state index contributed by atoms with van der Waals surface area (Å²) >= 11 is 0. The second-order valence-corrected chi connectivity index (χ2v) is 10.2. The third-order valence-corrected chi connectivity index (χ3v) is 7.62. The van der Waals surface area contributed by atoms with Gasteiger partial charge in [-0.05, 0) is 134 Å². The molecule has 10 aromatic carbocycles. The van der Waals surface area contributed by atoms with Gasteiger partial charge in [-0.25, -0.2) is 0 Å². The van der Waals surface area contributed by atoms with Crippen LogP contribution < -0.4 is 0 Å². The summed E-state index contributed by atoms with van der Waals surface area (Å²) in [7, 11) is 0. The summed E-state index contributed by atoms with van der Waals surface area (Å²) in [5.74, 6) is 0. The number of benzene rings is 10. The summed E-state index contributed by atoms with van der Waals surface area (Å²) in [4.78, 5) is 0. The Morgan fingerprint density at radius 3 is 1.54 bits per heavy atom. The molecule has 0 nitrogen and oxygen atoms in total. The van der Waals surface area contributed by atoms with E-state index in [-0.39, 0.29) is 0 Å². The van der Waals surface area contributed by atoms with Crippen LogP contribution >= 0.6 is 0 Å². The highest BCUT2D eigenvalue weighted by Crippen LogP contribution is 2.41. The van der Waals surface area contributed by atoms with Gasteiger partial charge < -0.3 is 0 Å². The molecule has 0 heteroatoms. The molecule has 0 unspecified atom stereocenters. The fourth-order valence-corrected chi connectivity index (χ4v) is 5.53. The molecule has 0 radical (unpaired) electrons. The van der Waals surface area contributed by atoms with Crippen LogP contribution in [0, 0.1) is 0 Å². The van der Waals surface area contributed by atoms with Crippen molar-refractivity contribution in [1.82, 2.24) is 0 Å². The summed E-state index contributed by atoms with van der Waals surface area (Å²) < 4.78 is 252. The largest absolute Gasteiger partial charge is 0.0636 e. The molecule has 0 saturated heterocycles. The molecule has 10 aromatic rings. The highest BCUT2D eigenvalue weighted by molar-refractivity contribution is 6.20. The predicted molar refractivity (Wildman–Crippen MR) is 200 cm³/mol. The van der Waals surface area contributed by atoms with Crippen LogP contribution in [0.3, 0.4) is 0 Å². The summed E-state index contributed by atoms with van der Waals surface area (Å²) in [5, 5.41) is -8.18. The minimum atomic E-state index is -1.00. The van der Waals surface area contributed by atoms with E-state index in [1.165, 1.54) is 0 Å². The lowest BCUT2D eigenvalue weighted by Crippen LogP contribution is -1.88. The van der Waals surface area contributed by atoms with Crippen molar-refractivity contribution in [3.05, 3.63) is 169 Å². The van der Waals surface area contributed by atoms with E-state index in [1.54, 1.807) is 0 Å². The molecule has 0 aliphatic rings. The van der Waals surface area contributed by atoms with Gasteiger partial charge in [0.1, 0.15) is 0 Å². The fraction of sp³-hybridized carbons (Fsp3) is 0. The number of hydrogen-bond acceptors (Lipinski definition) is 0. The molecule has 0 heterocycles. The SMILES string of the molecule is [2H]c1c(-c2c([2H])c([2H])c3c(c2[2H])c([2H])c([2H])c2c([2H])c4c([2H])c([2H])c([2H])c([2H])c4c([2H])c23)c([2H])c2c([2H])c(-c3c4c([2H])c([2H])c([2H])c([2H])c4c([2H])c4c3c([2H])c([2H])c3c([2H])c([2H])c([2H])c([2H])c34)c([2H])c([2H])c2c1[2H]. The Morgan fingerprint density at radius 1 is 0.239 bits per heavy atom. The molecule has 0 aliphatic heterocycles. The second kappa shape index (κ2) is 9.76. The molecule has 0 aliphatic carbocycles. The predicted octanol–water partition coefficient (Wildman–Crippen LogP) is 13.1. The normalized spacial score (nSPS) is 20.4. The Hall–Kier alpha value is -5.98. The molecule has 0 aromatic heterocycles. The van der Waals surface area contributed by atoms with Crippen LogP contribution in [-0.4, -0.2) is 0 Å². The number of hydrogen-bond donors (Lipinski definition) is 0. The zero-order valence-corrected chi connectivity index (χ0v) is 23.0. The van der Waals surface area contributed by atoms with Crippen LogP contribution in [0.15, 0.2) is 169 Å². The first kappa shape index (κ1) is 10.3. The minimum Gasteiger partial charge on any atom is -0.0616 e. The Labute approximate surface area is 306 Å². The smallest absolute Gasteiger partial charge is 0.0616 e. The summed E-state index contributed by atoms with van der Waals surface area (Å²) in [6.07, 6.45) is 0. The lowest BCUT2D eigenvalue weighted by Gasteiger charge is -2.15. The first-order chi connectivity index (χ1) is 34.5. The molecule has 0 N–H and O–H groups in total. The van der Waals surface area contributed by atoms with E-state index in [0.717, 1.165) is 0 Å². The van der Waals surface area contributed by atoms with E-state index in [9.17, 15) is 16.4 Å². The molecule has 0 fully saturated rings. The Morgan fingerprint density at radius 2 is 0.717 bits per heavy atom. The first-order valence-corrected chi connectivity index (χ1v) is 13.8. The monoisotopic (exact) mass is 608 g/mol. The van der Waals surface area contributed by atoms with Crippen molar-refractivity contribution in [2.75, 3.05) is 0 Å². The minimum absolute atomic E-state index is 0.467.